The molecular formula is C28H24F3N7O. The van der Waals surface area contributed by atoms with Crippen LogP contribution in [0.2, 0.25) is 0 Å². The standard InChI is InChI=1S/C28H24F3N7O/c1-17-5-6-19(25(32)39)13-27(17,37-26-34-9-7-24(36-26)20-4-3-8-33-14-20)21-10-22(28(29,30)31)12-23(11-21)38-15-18(2)35-16-38/h3-12,14-16H,13H2,1-2H3,(H2,32,39)(H,34,36,37). The summed E-state index contributed by atoms with van der Waals surface area (Å²) >= 11 is 0. The van der Waals surface area contributed by atoms with Gasteiger partial charge in [-0.15, -0.1) is 0 Å². The van der Waals surface area contributed by atoms with Gasteiger partial charge in [-0.2, -0.15) is 13.2 Å². The van der Waals surface area contributed by atoms with Crippen LogP contribution in [0.1, 0.15) is 30.2 Å². The summed E-state index contributed by atoms with van der Waals surface area (Å²) in [7, 11) is 0. The second kappa shape index (κ2) is 9.82. The second-order valence-corrected chi connectivity index (χ2v) is 9.31. The Morgan fingerprint density at radius 1 is 1.10 bits per heavy atom. The van der Waals surface area contributed by atoms with E-state index in [2.05, 4.69) is 25.3 Å². The van der Waals surface area contributed by atoms with Crippen LogP contribution in [0.3, 0.4) is 0 Å². The van der Waals surface area contributed by atoms with Crippen LogP contribution in [0.5, 0.6) is 0 Å². The predicted octanol–water partition coefficient (Wildman–Crippen LogP) is 5.12. The van der Waals surface area contributed by atoms with Crippen molar-refractivity contribution in [2.45, 2.75) is 32.0 Å². The Hall–Kier alpha value is -4.80. The molecule has 3 N–H and O–H groups in total. The van der Waals surface area contributed by atoms with Crippen LogP contribution in [-0.2, 0) is 16.5 Å². The lowest BCUT2D eigenvalue weighted by atomic mass is 9.74. The monoisotopic (exact) mass is 531 g/mol. The molecule has 0 bridgehead atoms. The molecule has 1 aromatic carbocycles. The number of hydrogen-bond acceptors (Lipinski definition) is 6. The van der Waals surface area contributed by atoms with Gasteiger partial charge in [0, 0.05) is 48.0 Å². The highest BCUT2D eigenvalue weighted by Crippen LogP contribution is 2.44. The number of amides is 1. The summed E-state index contributed by atoms with van der Waals surface area (Å²) in [6.07, 6.45) is 6.52. The molecule has 1 unspecified atom stereocenters. The second-order valence-electron chi connectivity index (χ2n) is 9.31. The molecule has 39 heavy (non-hydrogen) atoms. The Bertz CT molecular complexity index is 1610. The van der Waals surface area contributed by atoms with Crippen molar-refractivity contribution >= 4 is 11.9 Å². The third-order valence-electron chi connectivity index (χ3n) is 6.67. The van der Waals surface area contributed by atoms with Gasteiger partial charge in [0.25, 0.3) is 0 Å². The Morgan fingerprint density at radius 2 is 1.92 bits per heavy atom. The van der Waals surface area contributed by atoms with Crippen LogP contribution in [0, 0.1) is 6.92 Å². The number of nitrogens with zero attached hydrogens (tertiary/aromatic N) is 5. The van der Waals surface area contributed by atoms with Crippen LogP contribution >= 0.6 is 0 Å². The zero-order valence-corrected chi connectivity index (χ0v) is 21.1. The number of imidazole rings is 1. The van der Waals surface area contributed by atoms with Gasteiger partial charge in [0.1, 0.15) is 0 Å². The molecule has 0 spiro atoms. The van der Waals surface area contributed by atoms with E-state index in [1.54, 1.807) is 69.0 Å². The first-order chi connectivity index (χ1) is 18.5. The van der Waals surface area contributed by atoms with E-state index in [9.17, 15) is 18.0 Å². The van der Waals surface area contributed by atoms with Gasteiger partial charge in [-0.3, -0.25) is 9.78 Å². The highest BCUT2D eigenvalue weighted by molar-refractivity contribution is 5.93. The molecule has 11 heteroatoms. The molecule has 198 valence electrons. The lowest BCUT2D eigenvalue weighted by molar-refractivity contribution is -0.137. The number of aromatic nitrogens is 5. The number of nitrogens with one attached hydrogen (secondary N) is 1. The number of carbonyl (C=O) groups excluding carboxylic acids is 1. The number of benzene rings is 1. The molecule has 3 aromatic heterocycles. The number of rotatable bonds is 6. The maximum Gasteiger partial charge on any atom is 0.416 e. The Kier molecular flexibility index (Phi) is 6.51. The molecule has 0 radical (unpaired) electrons. The van der Waals surface area contributed by atoms with E-state index < -0.39 is 23.2 Å². The lowest BCUT2D eigenvalue weighted by Crippen LogP contribution is -2.41. The van der Waals surface area contributed by atoms with Crippen LogP contribution < -0.4 is 11.1 Å². The fourth-order valence-corrected chi connectivity index (χ4v) is 4.58. The molecule has 1 amide bonds. The smallest absolute Gasteiger partial charge is 0.366 e. The lowest BCUT2D eigenvalue weighted by Gasteiger charge is -2.39. The summed E-state index contributed by atoms with van der Waals surface area (Å²) < 4.78 is 44.0. The summed E-state index contributed by atoms with van der Waals surface area (Å²) in [5.41, 5.74) is 6.82. The highest BCUT2D eigenvalue weighted by atomic mass is 19.4. The van der Waals surface area contributed by atoms with E-state index in [1.807, 2.05) is 6.07 Å². The van der Waals surface area contributed by atoms with Crippen molar-refractivity contribution in [1.82, 2.24) is 24.5 Å². The molecule has 1 aliphatic carbocycles. The van der Waals surface area contributed by atoms with Crippen LogP contribution in [0.15, 0.2) is 90.8 Å². The van der Waals surface area contributed by atoms with Crippen molar-refractivity contribution in [2.75, 3.05) is 5.32 Å². The first-order valence-corrected chi connectivity index (χ1v) is 12.0. The highest BCUT2D eigenvalue weighted by Gasteiger charge is 2.41. The zero-order chi connectivity index (χ0) is 27.8. The number of aryl methyl sites for hydroxylation is 1. The summed E-state index contributed by atoms with van der Waals surface area (Å²) in [4.78, 5) is 29.5. The molecule has 5 rings (SSSR count). The first-order valence-electron chi connectivity index (χ1n) is 12.0. The number of halogens is 3. The van der Waals surface area contributed by atoms with Crippen molar-refractivity contribution in [3.8, 4) is 16.9 Å². The molecule has 1 aliphatic rings. The maximum absolute atomic E-state index is 14.2. The van der Waals surface area contributed by atoms with Crippen molar-refractivity contribution < 1.29 is 18.0 Å². The van der Waals surface area contributed by atoms with Crippen LogP contribution in [0.25, 0.3) is 16.9 Å². The zero-order valence-electron chi connectivity index (χ0n) is 21.1. The fourth-order valence-electron chi connectivity index (χ4n) is 4.58. The van der Waals surface area contributed by atoms with Crippen molar-refractivity contribution in [1.29, 1.82) is 0 Å². The van der Waals surface area contributed by atoms with Crippen molar-refractivity contribution in [3.05, 3.63) is 108 Å². The average Bonchev–Trinajstić information content (AvgIpc) is 3.36. The number of alkyl halides is 3. The van der Waals surface area contributed by atoms with Gasteiger partial charge in [0.2, 0.25) is 11.9 Å². The summed E-state index contributed by atoms with van der Waals surface area (Å²) in [5.74, 6) is -0.514. The number of anilines is 1. The van der Waals surface area contributed by atoms with Gasteiger partial charge in [-0.1, -0.05) is 12.2 Å². The van der Waals surface area contributed by atoms with E-state index in [1.165, 1.54) is 10.9 Å². The predicted molar refractivity (Wildman–Crippen MR) is 140 cm³/mol. The SMILES string of the molecule is CC1=CC=C(C(N)=O)CC1(Nc1nccc(-c2cccnc2)n1)c1cc(-n2cnc(C)c2)cc(C(F)(F)F)c1. The number of allylic oxidation sites excluding steroid dienone is 2. The van der Waals surface area contributed by atoms with Crippen molar-refractivity contribution in [3.63, 3.8) is 0 Å². The average molecular weight is 532 g/mol. The van der Waals surface area contributed by atoms with Gasteiger partial charge >= 0.3 is 6.18 Å². The molecular weight excluding hydrogens is 507 g/mol. The fraction of sp³-hybridized carbons (Fsp3) is 0.179. The van der Waals surface area contributed by atoms with E-state index >= 15 is 0 Å². The number of nitrogens with two attached hydrogens (primary N) is 1. The maximum atomic E-state index is 14.2. The van der Waals surface area contributed by atoms with Gasteiger partial charge in [0.15, 0.2) is 0 Å². The van der Waals surface area contributed by atoms with Gasteiger partial charge in [0.05, 0.1) is 28.8 Å². The summed E-state index contributed by atoms with van der Waals surface area (Å²) in [6, 6.07) is 9.08. The molecule has 4 aromatic rings. The van der Waals surface area contributed by atoms with E-state index in [0.717, 1.165) is 17.7 Å². The van der Waals surface area contributed by atoms with E-state index in [-0.39, 0.29) is 29.2 Å². The molecule has 0 fully saturated rings. The quantitative estimate of drug-likeness (QED) is 0.357. The molecule has 0 saturated carbocycles. The van der Waals surface area contributed by atoms with Gasteiger partial charge in [-0.05, 0) is 61.4 Å². The first kappa shape index (κ1) is 25.8. The van der Waals surface area contributed by atoms with Crippen molar-refractivity contribution in [2.24, 2.45) is 5.73 Å². The number of pyridine rings is 1. The molecule has 3 heterocycles. The van der Waals surface area contributed by atoms with E-state index in [4.69, 9.17) is 5.73 Å². The minimum absolute atomic E-state index is 0.0190. The topological polar surface area (TPSA) is 112 Å². The van der Waals surface area contributed by atoms with Crippen LogP contribution in [0.4, 0.5) is 19.1 Å². The minimum Gasteiger partial charge on any atom is -0.366 e. The normalized spacial score (nSPS) is 17.4. The van der Waals surface area contributed by atoms with E-state index in [0.29, 0.717) is 17.0 Å². The molecule has 0 aliphatic heterocycles. The minimum atomic E-state index is -4.63. The summed E-state index contributed by atoms with van der Waals surface area (Å²) in [5, 5.41) is 3.27. The largest absolute Gasteiger partial charge is 0.416 e. The Labute approximate surface area is 222 Å². The third-order valence-corrected chi connectivity index (χ3v) is 6.67. The van der Waals surface area contributed by atoms with Gasteiger partial charge in [-0.25, -0.2) is 15.0 Å². The van der Waals surface area contributed by atoms with Gasteiger partial charge < -0.3 is 15.6 Å². The summed E-state index contributed by atoms with van der Waals surface area (Å²) in [6.45, 7) is 3.52. The Balaban J connectivity index is 1.70. The number of primary amides is 1. The number of carbonyl (C=O) groups is 1. The van der Waals surface area contributed by atoms with Crippen LogP contribution in [-0.4, -0.2) is 30.4 Å². The number of hydrogen-bond donors (Lipinski definition) is 2. The molecule has 1 atom stereocenters. The Morgan fingerprint density at radius 3 is 2.59 bits per heavy atom. The molecule has 0 saturated heterocycles. The molecule has 8 nitrogen and oxygen atoms in total. The third kappa shape index (κ3) is 5.15.